The summed E-state index contributed by atoms with van der Waals surface area (Å²) in [5, 5.41) is 5.53. The van der Waals surface area contributed by atoms with Gasteiger partial charge in [-0.15, -0.1) is 0 Å². The molecule has 6 nitrogen and oxygen atoms in total. The first-order chi connectivity index (χ1) is 8.02. The van der Waals surface area contributed by atoms with Gasteiger partial charge in [0, 0.05) is 34.3 Å². The molecule has 0 saturated carbocycles. The van der Waals surface area contributed by atoms with Crippen molar-refractivity contribution >= 4 is 11.8 Å². The van der Waals surface area contributed by atoms with Crippen molar-refractivity contribution in [3.05, 3.63) is 0 Å². The van der Waals surface area contributed by atoms with Crippen molar-refractivity contribution in [2.75, 3.05) is 47.4 Å². The fourth-order valence-corrected chi connectivity index (χ4v) is 1.35. The summed E-state index contributed by atoms with van der Waals surface area (Å²) >= 11 is 0. The van der Waals surface area contributed by atoms with E-state index in [0.717, 1.165) is 0 Å². The van der Waals surface area contributed by atoms with Crippen LogP contribution in [0.2, 0.25) is 0 Å². The summed E-state index contributed by atoms with van der Waals surface area (Å²) in [6.45, 7) is 3.69. The molecule has 0 aromatic carbocycles. The van der Waals surface area contributed by atoms with Gasteiger partial charge in [0.2, 0.25) is 11.8 Å². The second-order valence-electron chi connectivity index (χ2n) is 3.96. The summed E-state index contributed by atoms with van der Waals surface area (Å²) in [6, 6.07) is 0. The number of nitrogens with one attached hydrogen (secondary N) is 2. The highest BCUT2D eigenvalue weighted by Crippen LogP contribution is 1.98. The van der Waals surface area contributed by atoms with Crippen molar-refractivity contribution in [3.63, 3.8) is 0 Å². The molecule has 100 valence electrons. The van der Waals surface area contributed by atoms with Gasteiger partial charge in [-0.25, -0.2) is 0 Å². The van der Waals surface area contributed by atoms with E-state index in [1.165, 1.54) is 0 Å². The fraction of sp³-hybridized carbons (Fsp3) is 0.818. The van der Waals surface area contributed by atoms with Crippen LogP contribution in [0.4, 0.5) is 0 Å². The maximum Gasteiger partial charge on any atom is 0.236 e. The molecule has 0 aliphatic carbocycles. The van der Waals surface area contributed by atoms with Gasteiger partial charge in [0.25, 0.3) is 0 Å². The summed E-state index contributed by atoms with van der Waals surface area (Å²) < 4.78 is 4.85. The van der Waals surface area contributed by atoms with E-state index in [1.807, 2.05) is 0 Å². The molecular weight excluding hydrogens is 222 g/mol. The minimum atomic E-state index is -0.201. The molecule has 0 aliphatic rings. The molecule has 0 fully saturated rings. The monoisotopic (exact) mass is 245 g/mol. The number of carbonyl (C=O) groups is 2. The van der Waals surface area contributed by atoms with Crippen LogP contribution < -0.4 is 10.6 Å². The largest absolute Gasteiger partial charge is 0.383 e. The average Bonchev–Trinajstić information content (AvgIpc) is 2.32. The number of amides is 2. The summed E-state index contributed by atoms with van der Waals surface area (Å²) in [4.78, 5) is 24.5. The third-order valence-electron chi connectivity index (χ3n) is 2.43. The maximum atomic E-state index is 11.6. The average molecular weight is 245 g/mol. The van der Waals surface area contributed by atoms with E-state index in [2.05, 4.69) is 10.6 Å². The highest BCUT2D eigenvalue weighted by atomic mass is 16.5. The number of likely N-dealkylation sites (N-methyl/N-ethyl adjacent to an activating group) is 1. The van der Waals surface area contributed by atoms with Crippen molar-refractivity contribution in [1.29, 1.82) is 0 Å². The highest BCUT2D eigenvalue weighted by Gasteiger charge is 2.16. The Morgan fingerprint density at radius 2 is 2.06 bits per heavy atom. The first kappa shape index (κ1) is 15.9. The lowest BCUT2D eigenvalue weighted by molar-refractivity contribution is -0.131. The third-order valence-corrected chi connectivity index (χ3v) is 2.43. The lowest BCUT2D eigenvalue weighted by Crippen LogP contribution is -2.41. The van der Waals surface area contributed by atoms with E-state index in [9.17, 15) is 9.59 Å². The Labute approximate surface area is 103 Å². The van der Waals surface area contributed by atoms with Crippen LogP contribution in [0.3, 0.4) is 0 Å². The molecule has 0 heterocycles. The second-order valence-corrected chi connectivity index (χ2v) is 3.96. The first-order valence-electron chi connectivity index (χ1n) is 5.68. The highest BCUT2D eigenvalue weighted by molar-refractivity contribution is 5.81. The number of hydrogen-bond acceptors (Lipinski definition) is 4. The second kappa shape index (κ2) is 8.95. The Morgan fingerprint density at radius 1 is 1.41 bits per heavy atom. The molecule has 0 radical (unpaired) electrons. The quantitative estimate of drug-likeness (QED) is 0.542. The van der Waals surface area contributed by atoms with Gasteiger partial charge >= 0.3 is 0 Å². The Kier molecular flexibility index (Phi) is 8.35. The van der Waals surface area contributed by atoms with Gasteiger partial charge in [-0.1, -0.05) is 6.92 Å². The number of rotatable bonds is 8. The number of methoxy groups -OCH3 is 1. The van der Waals surface area contributed by atoms with Gasteiger partial charge in [-0.2, -0.15) is 0 Å². The van der Waals surface area contributed by atoms with Crippen LogP contribution in [-0.2, 0) is 14.3 Å². The van der Waals surface area contributed by atoms with Crippen molar-refractivity contribution in [2.24, 2.45) is 5.92 Å². The Morgan fingerprint density at radius 3 is 2.59 bits per heavy atom. The Hall–Kier alpha value is -1.14. The summed E-state index contributed by atoms with van der Waals surface area (Å²) in [7, 11) is 4.90. The first-order valence-corrected chi connectivity index (χ1v) is 5.68. The maximum absolute atomic E-state index is 11.6. The lowest BCUT2D eigenvalue weighted by Gasteiger charge is -2.20. The normalized spacial score (nSPS) is 12.0. The zero-order valence-corrected chi connectivity index (χ0v) is 11.1. The van der Waals surface area contributed by atoms with E-state index in [4.69, 9.17) is 4.74 Å². The van der Waals surface area contributed by atoms with Crippen molar-refractivity contribution in [3.8, 4) is 0 Å². The van der Waals surface area contributed by atoms with Crippen LogP contribution in [0.1, 0.15) is 6.92 Å². The zero-order chi connectivity index (χ0) is 13.3. The van der Waals surface area contributed by atoms with E-state index < -0.39 is 0 Å². The minimum Gasteiger partial charge on any atom is -0.383 e. The van der Waals surface area contributed by atoms with Gasteiger partial charge < -0.3 is 20.3 Å². The molecule has 6 heteroatoms. The Balaban J connectivity index is 3.84. The SMILES string of the molecule is CNC(=O)C(C)CN(C)C(=O)CNCCOC. The zero-order valence-electron chi connectivity index (χ0n) is 11.1. The summed E-state index contributed by atoms with van der Waals surface area (Å²) in [5.41, 5.74) is 0. The molecule has 0 bridgehead atoms. The van der Waals surface area contributed by atoms with E-state index in [1.54, 1.807) is 33.0 Å². The van der Waals surface area contributed by atoms with Crippen molar-refractivity contribution in [2.45, 2.75) is 6.92 Å². The van der Waals surface area contributed by atoms with Crippen molar-refractivity contribution < 1.29 is 14.3 Å². The van der Waals surface area contributed by atoms with E-state index in [0.29, 0.717) is 19.7 Å². The fourth-order valence-electron chi connectivity index (χ4n) is 1.35. The third kappa shape index (κ3) is 6.91. The Bertz CT molecular complexity index is 246. The molecular formula is C11H23N3O3. The topological polar surface area (TPSA) is 70.7 Å². The van der Waals surface area contributed by atoms with Crippen LogP contribution >= 0.6 is 0 Å². The molecule has 2 N–H and O–H groups in total. The summed E-state index contributed by atoms with van der Waals surface area (Å²) in [6.07, 6.45) is 0. The molecule has 1 unspecified atom stereocenters. The van der Waals surface area contributed by atoms with Crippen LogP contribution in [0, 0.1) is 5.92 Å². The number of ether oxygens (including phenoxy) is 1. The van der Waals surface area contributed by atoms with Crippen LogP contribution in [0.15, 0.2) is 0 Å². The van der Waals surface area contributed by atoms with Gasteiger partial charge in [-0.3, -0.25) is 9.59 Å². The predicted molar refractivity (Wildman–Crippen MR) is 65.6 cm³/mol. The molecule has 0 spiro atoms. The molecule has 0 saturated heterocycles. The number of hydrogen-bond donors (Lipinski definition) is 2. The predicted octanol–water partition coefficient (Wildman–Crippen LogP) is -0.937. The molecule has 0 rings (SSSR count). The molecule has 17 heavy (non-hydrogen) atoms. The van der Waals surface area contributed by atoms with Gasteiger partial charge in [0.15, 0.2) is 0 Å². The van der Waals surface area contributed by atoms with E-state index >= 15 is 0 Å². The van der Waals surface area contributed by atoms with Gasteiger partial charge in [-0.05, 0) is 0 Å². The standard InChI is InChI=1S/C11H23N3O3/c1-9(11(16)12-2)8-14(3)10(15)7-13-5-6-17-4/h9,13H,5-8H2,1-4H3,(H,12,16). The van der Waals surface area contributed by atoms with Crippen molar-refractivity contribution in [1.82, 2.24) is 15.5 Å². The molecule has 1 atom stereocenters. The summed E-state index contributed by atoms with van der Waals surface area (Å²) in [5.74, 6) is -0.290. The smallest absolute Gasteiger partial charge is 0.236 e. The van der Waals surface area contributed by atoms with Crippen LogP contribution in [0.25, 0.3) is 0 Å². The lowest BCUT2D eigenvalue weighted by atomic mass is 10.1. The number of carbonyl (C=O) groups excluding carboxylic acids is 2. The van der Waals surface area contributed by atoms with Crippen LogP contribution in [-0.4, -0.2) is 64.2 Å². The van der Waals surface area contributed by atoms with E-state index in [-0.39, 0.29) is 24.3 Å². The van der Waals surface area contributed by atoms with Gasteiger partial charge in [0.1, 0.15) is 0 Å². The molecule has 0 aromatic rings. The van der Waals surface area contributed by atoms with Gasteiger partial charge in [0.05, 0.1) is 19.1 Å². The molecule has 0 aliphatic heterocycles. The molecule has 0 aromatic heterocycles. The number of nitrogens with zero attached hydrogens (tertiary/aromatic N) is 1. The van der Waals surface area contributed by atoms with Crippen LogP contribution in [0.5, 0.6) is 0 Å². The molecule has 2 amide bonds. The minimum absolute atomic E-state index is 0.0307.